The van der Waals surface area contributed by atoms with E-state index in [2.05, 4.69) is 10.5 Å². The van der Waals surface area contributed by atoms with Crippen LogP contribution in [-0.4, -0.2) is 37.9 Å². The van der Waals surface area contributed by atoms with Crippen molar-refractivity contribution in [1.82, 2.24) is 5.43 Å². The average Bonchev–Trinajstić information content (AvgIpc) is 2.71. The topological polar surface area (TPSA) is 136 Å². The Bertz CT molecular complexity index is 952. The third kappa shape index (κ3) is 4.95. The number of nitro benzene ring substituents is 1. The van der Waals surface area contributed by atoms with Crippen molar-refractivity contribution in [2.24, 2.45) is 5.10 Å². The lowest BCUT2D eigenvalue weighted by atomic mass is 10.1. The van der Waals surface area contributed by atoms with E-state index in [-0.39, 0.29) is 35.1 Å². The number of amides is 1. The van der Waals surface area contributed by atoms with Gasteiger partial charge in [0.1, 0.15) is 17.6 Å². The lowest BCUT2D eigenvalue weighted by Crippen LogP contribution is -2.24. The van der Waals surface area contributed by atoms with Gasteiger partial charge in [-0.25, -0.2) is 5.43 Å². The molecule has 0 saturated heterocycles. The molecule has 2 aromatic rings. The molecule has 0 radical (unpaired) electrons. The van der Waals surface area contributed by atoms with Gasteiger partial charge in [-0.2, -0.15) is 10.4 Å². The number of hydrazone groups is 1. The third-order valence-corrected chi connectivity index (χ3v) is 3.49. The Hall–Kier alpha value is -4.13. The Morgan fingerprint density at radius 3 is 2.61 bits per heavy atom. The average molecular weight is 384 g/mol. The van der Waals surface area contributed by atoms with E-state index in [0.29, 0.717) is 5.56 Å². The molecule has 0 aliphatic rings. The van der Waals surface area contributed by atoms with Crippen molar-refractivity contribution >= 4 is 17.8 Å². The van der Waals surface area contributed by atoms with Gasteiger partial charge in [0.05, 0.1) is 30.9 Å². The summed E-state index contributed by atoms with van der Waals surface area (Å²) >= 11 is 0. The summed E-state index contributed by atoms with van der Waals surface area (Å²) < 4.78 is 15.4. The highest BCUT2D eigenvalue weighted by molar-refractivity contribution is 5.87. The number of nitrogens with zero attached hydrogens (tertiary/aromatic N) is 3. The summed E-state index contributed by atoms with van der Waals surface area (Å²) in [6.07, 6.45) is 1.20. The Labute approximate surface area is 160 Å². The number of methoxy groups -OCH3 is 2. The van der Waals surface area contributed by atoms with Crippen LogP contribution in [0.2, 0.25) is 0 Å². The van der Waals surface area contributed by atoms with Gasteiger partial charge in [-0.3, -0.25) is 14.9 Å². The van der Waals surface area contributed by atoms with Crippen molar-refractivity contribution < 1.29 is 23.9 Å². The molecule has 0 heterocycles. The zero-order chi connectivity index (χ0) is 20.5. The predicted molar refractivity (Wildman–Crippen MR) is 98.6 cm³/mol. The summed E-state index contributed by atoms with van der Waals surface area (Å²) in [7, 11) is 2.69. The molecule has 2 rings (SSSR count). The number of para-hydroxylation sites is 1. The molecule has 0 fully saturated rings. The second-order valence-corrected chi connectivity index (χ2v) is 5.21. The van der Waals surface area contributed by atoms with Crippen molar-refractivity contribution in [1.29, 1.82) is 5.26 Å². The molecule has 0 atom stereocenters. The second kappa shape index (κ2) is 9.54. The molecule has 0 aliphatic heterocycles. The molecule has 0 unspecified atom stereocenters. The van der Waals surface area contributed by atoms with Gasteiger partial charge in [-0.15, -0.1) is 0 Å². The Balaban J connectivity index is 2.05. The van der Waals surface area contributed by atoms with Crippen LogP contribution < -0.4 is 19.6 Å². The largest absolute Gasteiger partial charge is 0.496 e. The minimum absolute atomic E-state index is 0.0348. The zero-order valence-electron chi connectivity index (χ0n) is 15.0. The highest BCUT2D eigenvalue weighted by Gasteiger charge is 2.18. The molecule has 0 aromatic heterocycles. The molecule has 0 bridgehead atoms. The van der Waals surface area contributed by atoms with Crippen LogP contribution in [0.1, 0.15) is 11.1 Å². The van der Waals surface area contributed by atoms with E-state index in [1.54, 1.807) is 24.3 Å². The molecular weight excluding hydrogens is 368 g/mol. The lowest BCUT2D eigenvalue weighted by Gasteiger charge is -2.08. The lowest BCUT2D eigenvalue weighted by molar-refractivity contribution is -0.385. The number of nitrogens with one attached hydrogen (secondary N) is 1. The van der Waals surface area contributed by atoms with E-state index >= 15 is 0 Å². The maximum atomic E-state index is 11.8. The van der Waals surface area contributed by atoms with Crippen LogP contribution in [0.15, 0.2) is 41.5 Å². The molecule has 1 amide bonds. The molecule has 28 heavy (non-hydrogen) atoms. The molecule has 0 aliphatic carbocycles. The maximum absolute atomic E-state index is 11.8. The van der Waals surface area contributed by atoms with E-state index in [1.165, 1.54) is 32.6 Å². The zero-order valence-corrected chi connectivity index (χ0v) is 15.0. The monoisotopic (exact) mass is 384 g/mol. The van der Waals surface area contributed by atoms with Gasteiger partial charge in [0.15, 0.2) is 6.61 Å². The first-order chi connectivity index (χ1) is 13.5. The highest BCUT2D eigenvalue weighted by atomic mass is 16.6. The summed E-state index contributed by atoms with van der Waals surface area (Å²) in [5.74, 6) is 0.00906. The van der Waals surface area contributed by atoms with Crippen LogP contribution in [0.25, 0.3) is 0 Å². The number of nitriles is 1. The molecule has 10 nitrogen and oxygen atoms in total. The molecule has 0 spiro atoms. The van der Waals surface area contributed by atoms with Gasteiger partial charge >= 0.3 is 5.69 Å². The number of benzene rings is 2. The van der Waals surface area contributed by atoms with Gasteiger partial charge in [-0.05, 0) is 12.1 Å². The van der Waals surface area contributed by atoms with E-state index in [1.807, 2.05) is 6.07 Å². The second-order valence-electron chi connectivity index (χ2n) is 5.21. The van der Waals surface area contributed by atoms with Crippen molar-refractivity contribution in [3.05, 3.63) is 57.6 Å². The van der Waals surface area contributed by atoms with Crippen molar-refractivity contribution in [2.75, 3.05) is 20.8 Å². The minimum atomic E-state index is -0.603. The number of rotatable bonds is 8. The Morgan fingerprint density at radius 2 is 1.96 bits per heavy atom. The quantitative estimate of drug-likeness (QED) is 0.417. The van der Waals surface area contributed by atoms with Crippen LogP contribution in [0.3, 0.4) is 0 Å². The number of nitro groups is 1. The van der Waals surface area contributed by atoms with Gasteiger partial charge in [0.25, 0.3) is 5.91 Å². The fourth-order valence-electron chi connectivity index (χ4n) is 2.18. The van der Waals surface area contributed by atoms with E-state index in [0.717, 1.165) is 0 Å². The van der Waals surface area contributed by atoms with Gasteiger partial charge < -0.3 is 14.2 Å². The predicted octanol–water partition coefficient (Wildman–Crippen LogP) is 2.01. The maximum Gasteiger partial charge on any atom is 0.311 e. The van der Waals surface area contributed by atoms with Crippen LogP contribution in [0.5, 0.6) is 17.2 Å². The van der Waals surface area contributed by atoms with Crippen molar-refractivity contribution in [3.8, 4) is 23.3 Å². The van der Waals surface area contributed by atoms with Crippen LogP contribution in [0.4, 0.5) is 5.69 Å². The summed E-state index contributed by atoms with van der Waals surface area (Å²) in [4.78, 5) is 22.4. The Morgan fingerprint density at radius 1 is 1.25 bits per heavy atom. The fraction of sp³-hybridized carbons (Fsp3) is 0.167. The minimum Gasteiger partial charge on any atom is -0.496 e. The standard InChI is InChI=1S/C18H16N4O6/c1-26-16-8-17(27-2)14(22(24)25)7-13(16)10-20-21-18(23)11-28-15-6-4-3-5-12(15)9-19/h3-8,10H,11H2,1-2H3,(H,21,23)/b20-10-. The smallest absolute Gasteiger partial charge is 0.311 e. The molecular formula is C18H16N4O6. The molecule has 10 heteroatoms. The normalized spacial score (nSPS) is 10.2. The molecule has 0 saturated carbocycles. The summed E-state index contributed by atoms with van der Waals surface area (Å²) in [6, 6.07) is 11.0. The number of carbonyl (C=O) groups is 1. The van der Waals surface area contributed by atoms with Crippen LogP contribution in [0, 0.1) is 21.4 Å². The fourth-order valence-corrected chi connectivity index (χ4v) is 2.18. The van der Waals surface area contributed by atoms with E-state index in [4.69, 9.17) is 19.5 Å². The third-order valence-electron chi connectivity index (χ3n) is 3.49. The van der Waals surface area contributed by atoms with E-state index in [9.17, 15) is 14.9 Å². The van der Waals surface area contributed by atoms with Crippen LogP contribution in [-0.2, 0) is 4.79 Å². The van der Waals surface area contributed by atoms with E-state index < -0.39 is 10.8 Å². The first-order valence-corrected chi connectivity index (χ1v) is 7.84. The Kier molecular flexibility index (Phi) is 6.87. The molecule has 1 N–H and O–H groups in total. The van der Waals surface area contributed by atoms with Gasteiger partial charge in [-0.1, -0.05) is 12.1 Å². The summed E-state index contributed by atoms with van der Waals surface area (Å²) in [6.45, 7) is -0.365. The number of carbonyl (C=O) groups excluding carboxylic acids is 1. The van der Waals surface area contributed by atoms with Gasteiger partial charge in [0.2, 0.25) is 5.75 Å². The number of ether oxygens (including phenoxy) is 3. The number of hydrogen-bond donors (Lipinski definition) is 1. The van der Waals surface area contributed by atoms with Crippen LogP contribution >= 0.6 is 0 Å². The summed E-state index contributed by atoms with van der Waals surface area (Å²) in [5, 5.41) is 23.8. The number of hydrogen-bond acceptors (Lipinski definition) is 8. The van der Waals surface area contributed by atoms with Crippen molar-refractivity contribution in [3.63, 3.8) is 0 Å². The molecule has 144 valence electrons. The first kappa shape index (κ1) is 20.2. The summed E-state index contributed by atoms with van der Waals surface area (Å²) in [5.41, 5.74) is 2.53. The molecule has 2 aromatic carbocycles. The van der Waals surface area contributed by atoms with Gasteiger partial charge in [0, 0.05) is 17.7 Å². The first-order valence-electron chi connectivity index (χ1n) is 7.84. The SMILES string of the molecule is COc1cc(OC)c([N+](=O)[O-])cc1/C=N\NC(=O)COc1ccccc1C#N. The highest BCUT2D eigenvalue weighted by Crippen LogP contribution is 2.33. The van der Waals surface area contributed by atoms with Crippen molar-refractivity contribution in [2.45, 2.75) is 0 Å².